The molecule has 0 aliphatic rings. The van der Waals surface area contributed by atoms with Gasteiger partial charge in [-0.05, 0) is 74.5 Å². The van der Waals surface area contributed by atoms with Crippen LogP contribution in [0.1, 0.15) is 12.8 Å². The molecule has 8 aromatic rings. The monoisotopic (exact) mass is 708 g/mol. The fourth-order valence-electron chi connectivity index (χ4n) is 6.39. The third-order valence-corrected chi connectivity index (χ3v) is 8.60. The van der Waals surface area contributed by atoms with Crippen molar-refractivity contribution < 1.29 is 13.0 Å². The Labute approximate surface area is 291 Å². The van der Waals surface area contributed by atoms with Crippen molar-refractivity contribution in [3.8, 4) is 0 Å². The number of hydrogen-bond donors (Lipinski definition) is 5. The fourth-order valence-corrected chi connectivity index (χ4v) is 6.39. The minimum atomic E-state index is -3.67. The first-order valence-electron chi connectivity index (χ1n) is 16.6. The van der Waals surface area contributed by atoms with Crippen molar-refractivity contribution in [1.29, 1.82) is 0 Å². The molecule has 0 unspecified atom stereocenters. The molecule has 0 spiro atoms. The molecule has 16 heteroatoms. The molecule has 0 fully saturated rings. The van der Waals surface area contributed by atoms with Crippen molar-refractivity contribution in [3.63, 3.8) is 0 Å². The maximum atomic E-state index is 13.4. The number of para-hydroxylation sites is 2. The molecule has 8 rings (SSSR count). The van der Waals surface area contributed by atoms with Gasteiger partial charge in [-0.1, -0.05) is 34.7 Å². The Balaban J connectivity index is 0.000000761. The third kappa shape index (κ3) is 6.94. The maximum Gasteiger partial charge on any atom is 0.261 e. The van der Waals surface area contributed by atoms with Crippen molar-refractivity contribution in [2.75, 3.05) is 56.2 Å². The molecule has 4 heterocycles. The number of fused-ring (bicyclic) bond motifs is 4. The highest BCUT2D eigenvalue weighted by Crippen LogP contribution is 2.28. The van der Waals surface area contributed by atoms with E-state index < -0.39 is 10.1 Å². The topological polar surface area (TPSA) is 197 Å². The normalized spacial score (nSPS) is 12.0. The van der Waals surface area contributed by atoms with Gasteiger partial charge in [0.1, 0.15) is 22.1 Å². The number of pyridine rings is 2. The summed E-state index contributed by atoms with van der Waals surface area (Å²) in [6, 6.07) is 22.7. The SMILES string of the molecule is CS(=O)(=O)O.O=c1c2ccccc2n2nnc3ccc(NCCCNCCNCCCNc4ccc5nnn6c7ccccc7c(=O)c4c56)c1c32. The Morgan fingerprint density at radius 1 is 0.608 bits per heavy atom. The van der Waals surface area contributed by atoms with Crippen LogP contribution in [0.4, 0.5) is 11.4 Å². The van der Waals surface area contributed by atoms with Crippen molar-refractivity contribution >= 4 is 76.1 Å². The Morgan fingerprint density at radius 2 is 1.02 bits per heavy atom. The summed E-state index contributed by atoms with van der Waals surface area (Å²) >= 11 is 0. The van der Waals surface area contributed by atoms with E-state index in [0.29, 0.717) is 38.8 Å². The van der Waals surface area contributed by atoms with Gasteiger partial charge < -0.3 is 21.3 Å². The molecule has 0 radical (unpaired) electrons. The van der Waals surface area contributed by atoms with E-state index in [4.69, 9.17) is 4.55 Å². The lowest BCUT2D eigenvalue weighted by atomic mass is 10.1. The molecule has 4 aromatic carbocycles. The second kappa shape index (κ2) is 14.4. The molecule has 0 amide bonds. The van der Waals surface area contributed by atoms with Gasteiger partial charge in [0, 0.05) is 48.3 Å². The zero-order valence-electron chi connectivity index (χ0n) is 27.8. The van der Waals surface area contributed by atoms with Crippen LogP contribution in [0, 0.1) is 0 Å². The summed E-state index contributed by atoms with van der Waals surface area (Å²) in [5.41, 5.74) is 6.10. The largest absolute Gasteiger partial charge is 0.384 e. The van der Waals surface area contributed by atoms with Crippen LogP contribution in [0.15, 0.2) is 82.4 Å². The van der Waals surface area contributed by atoms with Gasteiger partial charge >= 0.3 is 0 Å². The molecule has 0 aliphatic carbocycles. The minimum Gasteiger partial charge on any atom is -0.384 e. The molecule has 0 aliphatic heterocycles. The first-order chi connectivity index (χ1) is 24.7. The van der Waals surface area contributed by atoms with Crippen molar-refractivity contribution in [2.24, 2.45) is 0 Å². The lowest BCUT2D eigenvalue weighted by molar-refractivity contribution is 0.490. The van der Waals surface area contributed by atoms with Crippen molar-refractivity contribution in [3.05, 3.63) is 93.2 Å². The molecule has 262 valence electrons. The standard InChI is InChI=1S/C34H32N10O2.CH4O3S/c45-33-21-7-1-3-9-27(21)43-31-25(39-41-43)13-11-23(29(31)33)37-17-5-15-35-19-20-36-16-6-18-38-24-12-14-26-32-30(24)34(46)22-8-2-4-10-28(22)44(32)42-40-26;1-5(2,3)4/h1-4,7-14,35-38H,5-6,15-20H2;1H3,(H,2,3,4). The van der Waals surface area contributed by atoms with Crippen LogP contribution in [-0.4, -0.2) is 88.1 Å². The van der Waals surface area contributed by atoms with Crippen LogP contribution < -0.4 is 32.1 Å². The highest BCUT2D eigenvalue weighted by atomic mass is 32.2. The van der Waals surface area contributed by atoms with Crippen LogP contribution >= 0.6 is 0 Å². The molecule has 5 N–H and O–H groups in total. The van der Waals surface area contributed by atoms with E-state index in [0.717, 1.165) is 85.6 Å². The molecule has 15 nitrogen and oxygen atoms in total. The average Bonchev–Trinajstić information content (AvgIpc) is 3.75. The second-order valence-corrected chi connectivity index (χ2v) is 13.7. The summed E-state index contributed by atoms with van der Waals surface area (Å²) in [5, 5.41) is 33.5. The van der Waals surface area contributed by atoms with Gasteiger partial charge in [0.25, 0.3) is 10.1 Å². The number of aromatic nitrogens is 6. The van der Waals surface area contributed by atoms with Gasteiger partial charge in [-0.3, -0.25) is 14.1 Å². The highest BCUT2D eigenvalue weighted by Gasteiger charge is 2.18. The Kier molecular flexibility index (Phi) is 9.55. The lowest BCUT2D eigenvalue weighted by Gasteiger charge is -2.12. The van der Waals surface area contributed by atoms with E-state index in [9.17, 15) is 18.0 Å². The molecule has 0 atom stereocenters. The quantitative estimate of drug-likeness (QED) is 0.0667. The zero-order valence-corrected chi connectivity index (χ0v) is 28.6. The van der Waals surface area contributed by atoms with Crippen LogP contribution in [0.3, 0.4) is 0 Å². The smallest absolute Gasteiger partial charge is 0.261 e. The summed E-state index contributed by atoms with van der Waals surface area (Å²) in [5.74, 6) is 0. The first-order valence-corrected chi connectivity index (χ1v) is 18.4. The summed E-state index contributed by atoms with van der Waals surface area (Å²) in [4.78, 5) is 26.7. The highest BCUT2D eigenvalue weighted by molar-refractivity contribution is 7.85. The average molecular weight is 709 g/mol. The molecule has 0 saturated heterocycles. The minimum absolute atomic E-state index is 0.00223. The number of nitrogens with one attached hydrogen (secondary N) is 4. The summed E-state index contributed by atoms with van der Waals surface area (Å²) in [6.45, 7) is 4.91. The number of anilines is 2. The van der Waals surface area contributed by atoms with Gasteiger partial charge in [0.2, 0.25) is 0 Å². The summed E-state index contributed by atoms with van der Waals surface area (Å²) < 4.78 is 29.4. The van der Waals surface area contributed by atoms with Gasteiger partial charge in [0.15, 0.2) is 10.9 Å². The van der Waals surface area contributed by atoms with Gasteiger partial charge in [-0.2, -0.15) is 8.42 Å². The Bertz CT molecular complexity index is 2540. The van der Waals surface area contributed by atoms with Crippen LogP contribution in [-0.2, 0) is 10.1 Å². The fraction of sp³-hybridized carbons (Fsp3) is 0.257. The summed E-state index contributed by atoms with van der Waals surface area (Å²) in [6.07, 6.45) is 2.54. The number of rotatable bonds is 13. The lowest BCUT2D eigenvalue weighted by Crippen LogP contribution is -2.29. The van der Waals surface area contributed by atoms with Crippen LogP contribution in [0.5, 0.6) is 0 Å². The van der Waals surface area contributed by atoms with E-state index in [1.54, 1.807) is 9.03 Å². The molecule has 0 bridgehead atoms. The Hall–Kier alpha value is -5.55. The Morgan fingerprint density at radius 3 is 1.45 bits per heavy atom. The summed E-state index contributed by atoms with van der Waals surface area (Å²) in [7, 11) is -3.67. The van der Waals surface area contributed by atoms with Crippen LogP contribution in [0.25, 0.3) is 54.6 Å². The predicted octanol–water partition coefficient (Wildman–Crippen LogP) is 2.97. The van der Waals surface area contributed by atoms with E-state index >= 15 is 0 Å². The van der Waals surface area contributed by atoms with Crippen molar-refractivity contribution in [1.82, 2.24) is 40.3 Å². The third-order valence-electron chi connectivity index (χ3n) is 8.60. The van der Waals surface area contributed by atoms with Gasteiger partial charge in [-0.15, -0.1) is 10.2 Å². The van der Waals surface area contributed by atoms with Crippen LogP contribution in [0.2, 0.25) is 0 Å². The first kappa shape index (κ1) is 33.9. The van der Waals surface area contributed by atoms with Crippen molar-refractivity contribution in [2.45, 2.75) is 12.8 Å². The molecule has 4 aromatic heterocycles. The molecule has 51 heavy (non-hydrogen) atoms. The number of benzene rings is 4. The van der Waals surface area contributed by atoms with E-state index in [1.165, 1.54) is 0 Å². The zero-order chi connectivity index (χ0) is 35.5. The van der Waals surface area contributed by atoms with E-state index in [-0.39, 0.29) is 10.9 Å². The predicted molar refractivity (Wildman–Crippen MR) is 200 cm³/mol. The molecular formula is C35H36N10O5S. The molecular weight excluding hydrogens is 673 g/mol. The number of hydrogen-bond acceptors (Lipinski definition) is 12. The van der Waals surface area contributed by atoms with E-state index in [2.05, 4.69) is 41.9 Å². The maximum absolute atomic E-state index is 13.4. The second-order valence-electron chi connectivity index (χ2n) is 12.2. The van der Waals surface area contributed by atoms with Gasteiger partial charge in [0.05, 0.1) is 28.1 Å². The number of nitrogens with zero attached hydrogens (tertiary/aromatic N) is 6. The van der Waals surface area contributed by atoms with Gasteiger partial charge in [-0.25, -0.2) is 9.03 Å². The molecule has 0 saturated carbocycles. The van der Waals surface area contributed by atoms with E-state index in [1.807, 2.05) is 72.8 Å².